The lowest BCUT2D eigenvalue weighted by atomic mass is 10.1. The fourth-order valence-corrected chi connectivity index (χ4v) is 3.37. The number of nitrogen functional groups attached to an aromatic ring is 1. The van der Waals surface area contributed by atoms with Crippen LogP contribution in [0.5, 0.6) is 0 Å². The van der Waals surface area contributed by atoms with Crippen molar-refractivity contribution >= 4 is 15.7 Å². The van der Waals surface area contributed by atoms with Crippen LogP contribution in [-0.2, 0) is 10.0 Å². The van der Waals surface area contributed by atoms with Crippen molar-refractivity contribution in [1.82, 2.24) is 4.72 Å². The number of sulfonamides is 1. The van der Waals surface area contributed by atoms with Crippen LogP contribution in [0.3, 0.4) is 0 Å². The fourth-order valence-electron chi connectivity index (χ4n) is 2.00. The number of rotatable bonds is 5. The van der Waals surface area contributed by atoms with E-state index in [4.69, 9.17) is 5.73 Å². The van der Waals surface area contributed by atoms with Crippen LogP contribution in [0.1, 0.15) is 32.8 Å². The number of aryl methyl sites for hydroxylation is 1. The van der Waals surface area contributed by atoms with E-state index in [0.29, 0.717) is 11.6 Å². The van der Waals surface area contributed by atoms with E-state index in [1.54, 1.807) is 18.2 Å². The molecule has 0 radical (unpaired) electrons. The van der Waals surface area contributed by atoms with E-state index in [9.17, 15) is 8.42 Å². The summed E-state index contributed by atoms with van der Waals surface area (Å²) >= 11 is 0. The van der Waals surface area contributed by atoms with Gasteiger partial charge in [0.1, 0.15) is 4.90 Å². The lowest BCUT2D eigenvalue weighted by Gasteiger charge is -2.17. The van der Waals surface area contributed by atoms with Gasteiger partial charge < -0.3 is 5.73 Å². The second-order valence-electron chi connectivity index (χ2n) is 5.19. The van der Waals surface area contributed by atoms with Crippen LogP contribution in [-0.4, -0.2) is 14.5 Å². The highest BCUT2D eigenvalue weighted by Crippen LogP contribution is 2.20. The topological polar surface area (TPSA) is 72.2 Å². The smallest absolute Gasteiger partial charge is 0.242 e. The first kappa shape index (κ1) is 15.0. The summed E-state index contributed by atoms with van der Waals surface area (Å²) in [4.78, 5) is 0.156. The van der Waals surface area contributed by atoms with Crippen molar-refractivity contribution in [2.75, 3.05) is 5.73 Å². The zero-order chi connectivity index (χ0) is 13.9. The summed E-state index contributed by atoms with van der Waals surface area (Å²) in [6.07, 6.45) is 0.797. The monoisotopic (exact) mass is 270 g/mol. The van der Waals surface area contributed by atoms with Gasteiger partial charge in [0.05, 0.1) is 5.69 Å². The summed E-state index contributed by atoms with van der Waals surface area (Å²) in [7, 11) is -3.53. The maximum atomic E-state index is 12.2. The molecule has 1 aromatic carbocycles. The number of anilines is 1. The zero-order valence-electron chi connectivity index (χ0n) is 11.4. The van der Waals surface area contributed by atoms with E-state index in [0.717, 1.165) is 12.0 Å². The zero-order valence-corrected chi connectivity index (χ0v) is 12.2. The largest absolute Gasteiger partial charge is 0.398 e. The van der Waals surface area contributed by atoms with Gasteiger partial charge in [0.15, 0.2) is 0 Å². The fraction of sp³-hybridized carbons (Fsp3) is 0.538. The van der Waals surface area contributed by atoms with E-state index in [2.05, 4.69) is 18.6 Å². The van der Waals surface area contributed by atoms with Crippen LogP contribution in [0, 0.1) is 12.8 Å². The SMILES string of the molecule is Cc1ccc(S(=O)(=O)NC(C)CC(C)C)c(N)c1. The molecule has 102 valence electrons. The van der Waals surface area contributed by atoms with Crippen LogP contribution in [0.2, 0.25) is 0 Å². The molecule has 0 bridgehead atoms. The molecule has 1 unspecified atom stereocenters. The predicted molar refractivity (Wildman–Crippen MR) is 74.8 cm³/mol. The molecule has 4 nitrogen and oxygen atoms in total. The van der Waals surface area contributed by atoms with Crippen molar-refractivity contribution in [1.29, 1.82) is 0 Å². The van der Waals surface area contributed by atoms with E-state index >= 15 is 0 Å². The molecule has 0 aromatic heterocycles. The molecule has 0 saturated carbocycles. The van der Waals surface area contributed by atoms with Gasteiger partial charge in [-0.15, -0.1) is 0 Å². The van der Waals surface area contributed by atoms with Crippen molar-refractivity contribution in [3.63, 3.8) is 0 Å². The molecular weight excluding hydrogens is 248 g/mol. The van der Waals surface area contributed by atoms with Gasteiger partial charge in [0.2, 0.25) is 10.0 Å². The number of benzene rings is 1. The van der Waals surface area contributed by atoms with E-state index in [-0.39, 0.29) is 10.9 Å². The molecule has 0 saturated heterocycles. The number of nitrogens with two attached hydrogens (primary N) is 1. The molecule has 0 amide bonds. The molecule has 0 fully saturated rings. The van der Waals surface area contributed by atoms with Crippen LogP contribution >= 0.6 is 0 Å². The first-order valence-electron chi connectivity index (χ1n) is 6.11. The van der Waals surface area contributed by atoms with E-state index in [1.165, 1.54) is 0 Å². The molecule has 0 aliphatic rings. The quantitative estimate of drug-likeness (QED) is 0.806. The van der Waals surface area contributed by atoms with Crippen molar-refractivity contribution in [3.05, 3.63) is 23.8 Å². The summed E-state index contributed by atoms with van der Waals surface area (Å²) in [5.41, 5.74) is 7.00. The number of hydrogen-bond acceptors (Lipinski definition) is 3. The Labute approximate surface area is 110 Å². The van der Waals surface area contributed by atoms with Gasteiger partial charge in [-0.1, -0.05) is 19.9 Å². The molecular formula is C13H22N2O2S. The Morgan fingerprint density at radius 3 is 2.39 bits per heavy atom. The summed E-state index contributed by atoms with van der Waals surface area (Å²) in [6, 6.07) is 4.87. The van der Waals surface area contributed by atoms with Crippen LogP contribution in [0.4, 0.5) is 5.69 Å². The first-order chi connectivity index (χ1) is 8.22. The molecule has 18 heavy (non-hydrogen) atoms. The molecule has 0 aliphatic heterocycles. The van der Waals surface area contributed by atoms with Crippen molar-refractivity contribution in [3.8, 4) is 0 Å². The molecule has 0 spiro atoms. The molecule has 1 atom stereocenters. The molecule has 0 aliphatic carbocycles. The lowest BCUT2D eigenvalue weighted by Crippen LogP contribution is -2.33. The van der Waals surface area contributed by atoms with Gasteiger partial charge in [0.25, 0.3) is 0 Å². The van der Waals surface area contributed by atoms with Gasteiger partial charge >= 0.3 is 0 Å². The van der Waals surface area contributed by atoms with Gasteiger partial charge in [-0.2, -0.15) is 0 Å². The highest BCUT2D eigenvalue weighted by atomic mass is 32.2. The molecule has 3 N–H and O–H groups in total. The Hall–Kier alpha value is -1.07. The Morgan fingerprint density at radius 2 is 1.89 bits per heavy atom. The lowest BCUT2D eigenvalue weighted by molar-refractivity contribution is 0.482. The number of hydrogen-bond donors (Lipinski definition) is 2. The summed E-state index contributed by atoms with van der Waals surface area (Å²) < 4.78 is 27.0. The molecule has 1 aromatic rings. The highest BCUT2D eigenvalue weighted by Gasteiger charge is 2.20. The minimum absolute atomic E-state index is 0.101. The van der Waals surface area contributed by atoms with Crippen LogP contribution < -0.4 is 10.5 Å². The second kappa shape index (κ2) is 5.71. The minimum atomic E-state index is -3.53. The Bertz CT molecular complexity index is 510. The average molecular weight is 270 g/mol. The summed E-state index contributed by atoms with van der Waals surface area (Å²) in [5, 5.41) is 0. The highest BCUT2D eigenvalue weighted by molar-refractivity contribution is 7.89. The van der Waals surface area contributed by atoms with Gasteiger partial charge in [0, 0.05) is 6.04 Å². The number of nitrogens with one attached hydrogen (secondary N) is 1. The van der Waals surface area contributed by atoms with Crippen LogP contribution in [0.15, 0.2) is 23.1 Å². The van der Waals surface area contributed by atoms with Crippen molar-refractivity contribution in [2.45, 2.75) is 45.1 Å². The van der Waals surface area contributed by atoms with Gasteiger partial charge in [-0.05, 0) is 43.9 Å². The first-order valence-corrected chi connectivity index (χ1v) is 7.59. The van der Waals surface area contributed by atoms with Crippen LogP contribution in [0.25, 0.3) is 0 Å². The maximum Gasteiger partial charge on any atom is 0.242 e. The normalized spacial score (nSPS) is 13.8. The van der Waals surface area contributed by atoms with Gasteiger partial charge in [-0.3, -0.25) is 0 Å². The summed E-state index contributed by atoms with van der Waals surface area (Å²) in [5.74, 6) is 0.443. The third-order valence-electron chi connectivity index (χ3n) is 2.64. The molecule has 5 heteroatoms. The Kier molecular flexibility index (Phi) is 4.76. The summed E-state index contributed by atoms with van der Waals surface area (Å²) in [6.45, 7) is 7.86. The van der Waals surface area contributed by atoms with Crippen molar-refractivity contribution in [2.24, 2.45) is 5.92 Å². The predicted octanol–water partition coefficient (Wildman–Crippen LogP) is 2.29. The third-order valence-corrected chi connectivity index (χ3v) is 4.30. The molecule has 0 heterocycles. The second-order valence-corrected chi connectivity index (χ2v) is 6.88. The third kappa shape index (κ3) is 3.99. The Balaban J connectivity index is 2.93. The van der Waals surface area contributed by atoms with E-state index < -0.39 is 10.0 Å². The standard InChI is InChI=1S/C13H22N2O2S/c1-9(2)7-11(4)15-18(16,17)13-6-5-10(3)8-12(13)14/h5-6,8-9,11,15H,7,14H2,1-4H3. The maximum absolute atomic E-state index is 12.2. The minimum Gasteiger partial charge on any atom is -0.398 e. The van der Waals surface area contributed by atoms with Crippen molar-refractivity contribution < 1.29 is 8.42 Å². The molecule has 1 rings (SSSR count). The van der Waals surface area contributed by atoms with Gasteiger partial charge in [-0.25, -0.2) is 13.1 Å². The van der Waals surface area contributed by atoms with E-state index in [1.807, 2.05) is 13.8 Å². The average Bonchev–Trinajstić information content (AvgIpc) is 2.13. The Morgan fingerprint density at radius 1 is 1.28 bits per heavy atom.